The van der Waals surface area contributed by atoms with Crippen LogP contribution >= 0.6 is 0 Å². The topological polar surface area (TPSA) is 74.2 Å². The Bertz CT molecular complexity index is 977. The zero-order valence-electron chi connectivity index (χ0n) is 14.4. The molecule has 0 aliphatic carbocycles. The van der Waals surface area contributed by atoms with Gasteiger partial charge in [-0.25, -0.2) is 4.79 Å². The van der Waals surface area contributed by atoms with Crippen LogP contribution < -0.4 is 18.9 Å². The highest BCUT2D eigenvalue weighted by molar-refractivity contribution is 6.18. The lowest BCUT2D eigenvalue weighted by Crippen LogP contribution is -2.01. The van der Waals surface area contributed by atoms with Crippen molar-refractivity contribution < 1.29 is 28.8 Å². The van der Waals surface area contributed by atoms with Gasteiger partial charge in [-0.1, -0.05) is 6.07 Å². The van der Waals surface area contributed by atoms with E-state index in [0.29, 0.717) is 33.8 Å². The molecule has 0 bridgehead atoms. The largest absolute Gasteiger partial charge is 0.493 e. The SMILES string of the molecule is COc1cc2c(C(=O)O)cc3ccc(OC)c(OC)c3c2cc1OC. The van der Waals surface area contributed by atoms with Crippen molar-refractivity contribution in [2.75, 3.05) is 28.4 Å². The van der Waals surface area contributed by atoms with E-state index in [9.17, 15) is 9.90 Å². The third-order valence-corrected chi connectivity index (χ3v) is 4.19. The standard InChI is InChI=1S/C19H18O6/c1-22-14-6-5-10-7-13(19(20)21)11-8-15(23-2)16(24-3)9-12(11)17(10)18(14)25-4/h5-9H,1-4H3,(H,20,21). The van der Waals surface area contributed by atoms with Gasteiger partial charge in [-0.3, -0.25) is 0 Å². The average molecular weight is 342 g/mol. The molecule has 25 heavy (non-hydrogen) atoms. The van der Waals surface area contributed by atoms with Crippen molar-refractivity contribution in [3.8, 4) is 23.0 Å². The molecule has 0 spiro atoms. The molecule has 3 rings (SSSR count). The van der Waals surface area contributed by atoms with E-state index in [4.69, 9.17) is 18.9 Å². The van der Waals surface area contributed by atoms with Gasteiger partial charge in [0.05, 0.1) is 34.0 Å². The summed E-state index contributed by atoms with van der Waals surface area (Å²) in [5, 5.41) is 12.3. The summed E-state index contributed by atoms with van der Waals surface area (Å²) in [7, 11) is 6.15. The van der Waals surface area contributed by atoms with Crippen LogP contribution in [0.1, 0.15) is 10.4 Å². The first-order valence-corrected chi connectivity index (χ1v) is 7.52. The summed E-state index contributed by atoms with van der Waals surface area (Å²) in [5.74, 6) is 1.04. The Kier molecular flexibility index (Phi) is 4.27. The predicted octanol–water partition coefficient (Wildman–Crippen LogP) is 3.73. The number of fused-ring (bicyclic) bond motifs is 3. The molecular formula is C19H18O6. The molecule has 0 aliphatic rings. The molecule has 0 amide bonds. The monoisotopic (exact) mass is 342 g/mol. The van der Waals surface area contributed by atoms with Crippen molar-refractivity contribution in [2.45, 2.75) is 0 Å². The van der Waals surface area contributed by atoms with Crippen molar-refractivity contribution in [1.82, 2.24) is 0 Å². The highest BCUT2D eigenvalue weighted by Crippen LogP contribution is 2.44. The normalized spacial score (nSPS) is 10.7. The number of methoxy groups -OCH3 is 4. The summed E-state index contributed by atoms with van der Waals surface area (Å²) >= 11 is 0. The van der Waals surface area contributed by atoms with Crippen LogP contribution in [0.25, 0.3) is 21.5 Å². The second kappa shape index (κ2) is 6.39. The van der Waals surface area contributed by atoms with E-state index in [1.807, 2.05) is 0 Å². The van der Waals surface area contributed by atoms with Crippen LogP contribution in [0.4, 0.5) is 0 Å². The summed E-state index contributed by atoms with van der Waals surface area (Å²) < 4.78 is 21.6. The van der Waals surface area contributed by atoms with E-state index >= 15 is 0 Å². The maximum absolute atomic E-state index is 11.8. The van der Waals surface area contributed by atoms with Gasteiger partial charge in [0.2, 0.25) is 0 Å². The Balaban J connectivity index is 2.58. The lowest BCUT2D eigenvalue weighted by Gasteiger charge is -2.16. The molecule has 130 valence electrons. The summed E-state index contributed by atoms with van der Waals surface area (Å²) in [6.07, 6.45) is 0. The van der Waals surface area contributed by atoms with Crippen LogP contribution in [0, 0.1) is 0 Å². The Morgan fingerprint density at radius 1 is 0.800 bits per heavy atom. The fraction of sp³-hybridized carbons (Fsp3) is 0.211. The minimum absolute atomic E-state index is 0.177. The molecule has 0 saturated carbocycles. The van der Waals surface area contributed by atoms with Gasteiger partial charge in [-0.2, -0.15) is 0 Å². The molecule has 0 atom stereocenters. The number of carboxylic acids is 1. The van der Waals surface area contributed by atoms with Gasteiger partial charge in [0, 0.05) is 10.8 Å². The van der Waals surface area contributed by atoms with Crippen molar-refractivity contribution in [1.29, 1.82) is 0 Å². The molecule has 0 aromatic heterocycles. The number of hydrogen-bond acceptors (Lipinski definition) is 5. The Hall–Kier alpha value is -3.15. The highest BCUT2D eigenvalue weighted by Gasteiger charge is 2.20. The van der Waals surface area contributed by atoms with Crippen molar-refractivity contribution in [2.24, 2.45) is 0 Å². The summed E-state index contributed by atoms with van der Waals surface area (Å²) in [5.41, 5.74) is 0.177. The third kappa shape index (κ3) is 2.55. The number of carboxylic acid groups (broad SMARTS) is 1. The fourth-order valence-electron chi connectivity index (χ4n) is 3.06. The first kappa shape index (κ1) is 16.7. The number of aromatic carboxylic acids is 1. The molecule has 0 heterocycles. The van der Waals surface area contributed by atoms with Crippen LogP contribution in [0.3, 0.4) is 0 Å². The van der Waals surface area contributed by atoms with Gasteiger partial charge < -0.3 is 24.1 Å². The Morgan fingerprint density at radius 2 is 1.40 bits per heavy atom. The van der Waals surface area contributed by atoms with Crippen molar-refractivity contribution in [3.05, 3.63) is 35.9 Å². The average Bonchev–Trinajstić information content (AvgIpc) is 2.64. The van der Waals surface area contributed by atoms with Crippen LogP contribution in [-0.2, 0) is 0 Å². The maximum atomic E-state index is 11.8. The Morgan fingerprint density at radius 3 is 1.92 bits per heavy atom. The first-order chi connectivity index (χ1) is 12.0. The zero-order chi connectivity index (χ0) is 18.1. The zero-order valence-corrected chi connectivity index (χ0v) is 14.4. The minimum Gasteiger partial charge on any atom is -0.493 e. The van der Waals surface area contributed by atoms with E-state index in [-0.39, 0.29) is 5.56 Å². The van der Waals surface area contributed by atoms with Gasteiger partial charge in [-0.05, 0) is 35.0 Å². The van der Waals surface area contributed by atoms with E-state index in [2.05, 4.69) is 0 Å². The fourth-order valence-corrected chi connectivity index (χ4v) is 3.06. The molecule has 0 aliphatic heterocycles. The number of rotatable bonds is 5. The van der Waals surface area contributed by atoms with Crippen molar-refractivity contribution in [3.63, 3.8) is 0 Å². The van der Waals surface area contributed by atoms with Gasteiger partial charge in [-0.15, -0.1) is 0 Å². The quantitative estimate of drug-likeness (QED) is 0.712. The number of benzene rings is 3. The molecule has 6 nitrogen and oxygen atoms in total. The lowest BCUT2D eigenvalue weighted by molar-refractivity contribution is 0.0699. The van der Waals surface area contributed by atoms with Gasteiger partial charge in [0.1, 0.15) is 0 Å². The van der Waals surface area contributed by atoms with E-state index in [1.54, 1.807) is 44.6 Å². The molecule has 1 N–H and O–H groups in total. The van der Waals surface area contributed by atoms with E-state index in [0.717, 1.165) is 10.8 Å². The van der Waals surface area contributed by atoms with Crippen LogP contribution in [0.2, 0.25) is 0 Å². The second-order valence-electron chi connectivity index (χ2n) is 5.38. The van der Waals surface area contributed by atoms with Gasteiger partial charge in [0.15, 0.2) is 23.0 Å². The van der Waals surface area contributed by atoms with Crippen LogP contribution in [0.15, 0.2) is 30.3 Å². The summed E-state index contributed by atoms with van der Waals surface area (Å²) in [4.78, 5) is 11.8. The molecule has 0 radical (unpaired) electrons. The first-order valence-electron chi connectivity index (χ1n) is 7.52. The third-order valence-electron chi connectivity index (χ3n) is 4.19. The molecule has 6 heteroatoms. The van der Waals surface area contributed by atoms with Crippen molar-refractivity contribution >= 4 is 27.5 Å². The smallest absolute Gasteiger partial charge is 0.336 e. The summed E-state index contributed by atoms with van der Waals surface area (Å²) in [6.45, 7) is 0. The minimum atomic E-state index is -1.02. The molecule has 3 aromatic carbocycles. The maximum Gasteiger partial charge on any atom is 0.336 e. The van der Waals surface area contributed by atoms with Crippen LogP contribution in [0.5, 0.6) is 23.0 Å². The number of hydrogen-bond donors (Lipinski definition) is 1. The van der Waals surface area contributed by atoms with E-state index in [1.165, 1.54) is 14.2 Å². The molecule has 0 unspecified atom stereocenters. The Labute approximate surface area is 144 Å². The number of ether oxygens (including phenoxy) is 4. The van der Waals surface area contributed by atoms with Crippen LogP contribution in [-0.4, -0.2) is 39.5 Å². The predicted molar refractivity (Wildman–Crippen MR) is 94.6 cm³/mol. The van der Waals surface area contributed by atoms with Gasteiger partial charge in [0.25, 0.3) is 0 Å². The molecular weight excluding hydrogens is 324 g/mol. The second-order valence-corrected chi connectivity index (χ2v) is 5.38. The molecule has 0 saturated heterocycles. The molecule has 3 aromatic rings. The molecule has 0 fully saturated rings. The lowest BCUT2D eigenvalue weighted by atomic mass is 9.95. The van der Waals surface area contributed by atoms with E-state index < -0.39 is 5.97 Å². The highest BCUT2D eigenvalue weighted by atomic mass is 16.5. The van der Waals surface area contributed by atoms with Gasteiger partial charge >= 0.3 is 5.97 Å². The summed E-state index contributed by atoms with van der Waals surface area (Å²) in [6, 6.07) is 8.59. The number of carbonyl (C=O) groups is 1.